The number of imide groups is 1. The molecule has 19 heavy (non-hydrogen) atoms. The summed E-state index contributed by atoms with van der Waals surface area (Å²) in [5.41, 5.74) is -0.275. The summed E-state index contributed by atoms with van der Waals surface area (Å²) in [6.45, 7) is 3.21. The lowest BCUT2D eigenvalue weighted by Gasteiger charge is -2.16. The predicted molar refractivity (Wildman–Crippen MR) is 69.1 cm³/mol. The second-order valence-electron chi connectivity index (χ2n) is 4.94. The van der Waals surface area contributed by atoms with Crippen molar-refractivity contribution in [2.45, 2.75) is 20.3 Å². The average Bonchev–Trinajstić information content (AvgIpc) is 2.56. The Morgan fingerprint density at radius 1 is 1.42 bits per heavy atom. The first-order valence-electron chi connectivity index (χ1n) is 5.90. The molecule has 2 heterocycles. The number of rotatable bonds is 1. The van der Waals surface area contributed by atoms with Gasteiger partial charge >= 0.3 is 0 Å². The van der Waals surface area contributed by atoms with Gasteiger partial charge in [-0.3, -0.25) is 9.59 Å². The summed E-state index contributed by atoms with van der Waals surface area (Å²) in [6.07, 6.45) is 0.181. The van der Waals surface area contributed by atoms with Crippen LogP contribution in [0.15, 0.2) is 18.2 Å². The summed E-state index contributed by atoms with van der Waals surface area (Å²) in [4.78, 5) is 29.3. The number of anilines is 1. The van der Waals surface area contributed by atoms with E-state index in [9.17, 15) is 9.59 Å². The van der Waals surface area contributed by atoms with Gasteiger partial charge < -0.3 is 5.11 Å². The predicted octanol–water partition coefficient (Wildman–Crippen LogP) is 0.715. The van der Waals surface area contributed by atoms with Crippen LogP contribution < -0.4 is 4.90 Å². The van der Waals surface area contributed by atoms with E-state index >= 15 is 0 Å². The van der Waals surface area contributed by atoms with Crippen LogP contribution in [0.3, 0.4) is 0 Å². The van der Waals surface area contributed by atoms with Gasteiger partial charge in [0.1, 0.15) is 18.1 Å². The van der Waals surface area contributed by atoms with Crippen LogP contribution in [-0.4, -0.2) is 28.5 Å². The van der Waals surface area contributed by atoms with Crippen molar-refractivity contribution >= 4 is 17.6 Å². The highest BCUT2D eigenvalue weighted by atomic mass is 16.2. The molecule has 0 spiro atoms. The molecule has 0 aromatic carbocycles. The molecule has 98 valence electrons. The van der Waals surface area contributed by atoms with E-state index in [2.05, 4.69) is 16.8 Å². The Morgan fingerprint density at radius 2 is 2.16 bits per heavy atom. The average molecular weight is 258 g/mol. The molecule has 0 saturated carbocycles. The second kappa shape index (κ2) is 4.82. The van der Waals surface area contributed by atoms with Crippen LogP contribution in [-0.2, 0) is 9.59 Å². The zero-order valence-corrected chi connectivity index (χ0v) is 10.8. The lowest BCUT2D eigenvalue weighted by atomic mass is 9.92. The number of hydrogen-bond donors (Lipinski definition) is 1. The van der Waals surface area contributed by atoms with Gasteiger partial charge in [-0.05, 0) is 18.1 Å². The van der Waals surface area contributed by atoms with Crippen LogP contribution in [0.5, 0.6) is 0 Å². The van der Waals surface area contributed by atoms with Crippen molar-refractivity contribution in [3.8, 4) is 11.8 Å². The third-order valence-corrected chi connectivity index (χ3v) is 2.88. The van der Waals surface area contributed by atoms with Gasteiger partial charge in [-0.1, -0.05) is 25.8 Å². The van der Waals surface area contributed by atoms with Crippen LogP contribution in [0, 0.1) is 17.3 Å². The van der Waals surface area contributed by atoms with Gasteiger partial charge in [-0.25, -0.2) is 9.88 Å². The van der Waals surface area contributed by atoms with E-state index in [4.69, 9.17) is 5.11 Å². The first-order valence-corrected chi connectivity index (χ1v) is 5.90. The summed E-state index contributed by atoms with van der Waals surface area (Å²) in [5.74, 6) is 4.90. The first-order chi connectivity index (χ1) is 8.95. The van der Waals surface area contributed by atoms with Crippen LogP contribution in [0.2, 0.25) is 0 Å². The van der Waals surface area contributed by atoms with E-state index in [-0.39, 0.29) is 30.7 Å². The number of pyridine rings is 1. The van der Waals surface area contributed by atoms with Crippen LogP contribution >= 0.6 is 0 Å². The number of carbonyl (C=O) groups excluding carboxylic acids is 2. The van der Waals surface area contributed by atoms with E-state index < -0.39 is 5.41 Å². The summed E-state index contributed by atoms with van der Waals surface area (Å²) in [7, 11) is 0. The molecule has 5 heteroatoms. The largest absolute Gasteiger partial charge is 0.384 e. The lowest BCUT2D eigenvalue weighted by molar-refractivity contribution is -0.124. The molecule has 1 N–H and O–H groups in total. The van der Waals surface area contributed by atoms with Gasteiger partial charge in [0.05, 0.1) is 5.41 Å². The minimum atomic E-state index is -0.689. The lowest BCUT2D eigenvalue weighted by Crippen LogP contribution is -2.33. The zero-order chi connectivity index (χ0) is 14.0. The topological polar surface area (TPSA) is 70.5 Å². The van der Waals surface area contributed by atoms with Crippen LogP contribution in [0.4, 0.5) is 5.82 Å². The highest BCUT2D eigenvalue weighted by Gasteiger charge is 2.46. The van der Waals surface area contributed by atoms with Crippen molar-refractivity contribution in [1.29, 1.82) is 0 Å². The number of aromatic nitrogens is 1. The summed E-state index contributed by atoms with van der Waals surface area (Å²) < 4.78 is 0. The Kier molecular flexibility index (Phi) is 3.36. The molecule has 0 bridgehead atoms. The van der Waals surface area contributed by atoms with E-state index in [1.807, 2.05) is 0 Å². The maximum absolute atomic E-state index is 12.2. The Labute approximate surface area is 111 Å². The second-order valence-corrected chi connectivity index (χ2v) is 4.94. The van der Waals surface area contributed by atoms with Crippen LogP contribution in [0.25, 0.3) is 0 Å². The fourth-order valence-corrected chi connectivity index (χ4v) is 1.93. The van der Waals surface area contributed by atoms with E-state index in [1.54, 1.807) is 32.0 Å². The van der Waals surface area contributed by atoms with Crippen molar-refractivity contribution in [2.24, 2.45) is 5.41 Å². The first kappa shape index (κ1) is 13.2. The Morgan fingerprint density at radius 3 is 2.74 bits per heavy atom. The Hall–Kier alpha value is -2.19. The van der Waals surface area contributed by atoms with Gasteiger partial charge in [-0.2, -0.15) is 0 Å². The molecule has 1 aromatic rings. The molecule has 1 fully saturated rings. The van der Waals surface area contributed by atoms with Gasteiger partial charge in [0.25, 0.3) is 0 Å². The van der Waals surface area contributed by atoms with Crippen molar-refractivity contribution in [3.05, 3.63) is 23.9 Å². The monoisotopic (exact) mass is 258 g/mol. The molecular weight excluding hydrogens is 244 g/mol. The van der Waals surface area contributed by atoms with Crippen molar-refractivity contribution in [3.63, 3.8) is 0 Å². The third kappa shape index (κ3) is 2.49. The number of nitrogens with zero attached hydrogens (tertiary/aromatic N) is 2. The maximum atomic E-state index is 12.2. The fourth-order valence-electron chi connectivity index (χ4n) is 1.93. The molecule has 1 saturated heterocycles. The quantitative estimate of drug-likeness (QED) is 0.595. The molecule has 2 amide bonds. The molecule has 0 radical (unpaired) electrons. The normalized spacial score (nSPS) is 17.3. The van der Waals surface area contributed by atoms with Gasteiger partial charge in [0, 0.05) is 6.42 Å². The summed E-state index contributed by atoms with van der Waals surface area (Å²) in [6, 6.07) is 4.93. The Bertz CT molecular complexity index is 596. The molecule has 1 aliphatic rings. The number of amides is 2. The Balaban J connectivity index is 2.37. The maximum Gasteiger partial charge on any atom is 0.241 e. The SMILES string of the molecule is CC1(C)CC(=O)N(c2cccc(C#CCO)n2)C1=O. The van der Waals surface area contributed by atoms with E-state index in [1.165, 1.54) is 0 Å². The van der Waals surface area contributed by atoms with Crippen molar-refractivity contribution in [2.75, 3.05) is 11.5 Å². The molecular formula is C14H14N2O3. The number of carbonyl (C=O) groups is 2. The molecule has 0 aliphatic carbocycles. The number of hydrogen-bond acceptors (Lipinski definition) is 4. The smallest absolute Gasteiger partial charge is 0.241 e. The van der Waals surface area contributed by atoms with E-state index in [0.717, 1.165) is 4.90 Å². The molecule has 0 atom stereocenters. The molecule has 1 aromatic heterocycles. The number of aliphatic hydroxyl groups is 1. The molecule has 5 nitrogen and oxygen atoms in total. The molecule has 1 aliphatic heterocycles. The standard InChI is InChI=1S/C14H14N2O3/c1-14(2)9-12(18)16(13(14)19)11-7-3-5-10(15-11)6-4-8-17/h3,5,7,17H,8-9H2,1-2H3. The van der Waals surface area contributed by atoms with Crippen LogP contribution in [0.1, 0.15) is 26.0 Å². The molecule has 0 unspecified atom stereocenters. The van der Waals surface area contributed by atoms with Crippen molar-refractivity contribution < 1.29 is 14.7 Å². The molecule has 2 rings (SSSR count). The minimum absolute atomic E-state index is 0.181. The van der Waals surface area contributed by atoms with Gasteiger partial charge in [0.15, 0.2) is 0 Å². The fraction of sp³-hybridized carbons (Fsp3) is 0.357. The van der Waals surface area contributed by atoms with Gasteiger partial charge in [0.2, 0.25) is 11.8 Å². The van der Waals surface area contributed by atoms with Gasteiger partial charge in [-0.15, -0.1) is 0 Å². The zero-order valence-electron chi connectivity index (χ0n) is 10.8. The summed E-state index contributed by atoms with van der Waals surface area (Å²) in [5, 5.41) is 8.64. The van der Waals surface area contributed by atoms with Crippen molar-refractivity contribution in [1.82, 2.24) is 4.98 Å². The summed E-state index contributed by atoms with van der Waals surface area (Å²) >= 11 is 0. The minimum Gasteiger partial charge on any atom is -0.384 e. The number of aliphatic hydroxyl groups excluding tert-OH is 1. The highest BCUT2D eigenvalue weighted by Crippen LogP contribution is 2.34. The van der Waals surface area contributed by atoms with E-state index in [0.29, 0.717) is 5.69 Å². The highest BCUT2D eigenvalue weighted by molar-refractivity contribution is 6.21. The third-order valence-electron chi connectivity index (χ3n) is 2.88.